The molecule has 1 fully saturated rings. The van der Waals surface area contributed by atoms with Crippen LogP contribution < -0.4 is 0 Å². The number of H-pyrrole nitrogens is 1. The first-order valence-corrected chi connectivity index (χ1v) is 9.04. The van der Waals surface area contributed by atoms with E-state index >= 15 is 0 Å². The first kappa shape index (κ1) is 10.5. The van der Waals surface area contributed by atoms with Crippen molar-refractivity contribution in [1.29, 1.82) is 0 Å². The van der Waals surface area contributed by atoms with Crippen molar-refractivity contribution < 1.29 is 0 Å². The molecule has 4 heteroatoms. The second-order valence-electron chi connectivity index (χ2n) is 3.91. The van der Waals surface area contributed by atoms with Crippen LogP contribution in [0.25, 0.3) is 10.9 Å². The Hall–Kier alpha value is 0.320. The minimum absolute atomic E-state index is 0.803. The maximum absolute atomic E-state index is 3.51. The molecule has 0 saturated heterocycles. The molecule has 0 amide bonds. The number of aromatic nitrogens is 1. The Morgan fingerprint density at radius 3 is 2.87 bits per heavy atom. The van der Waals surface area contributed by atoms with E-state index in [0.717, 1.165) is 10.4 Å². The third kappa shape index (κ3) is 1.85. The van der Waals surface area contributed by atoms with Gasteiger partial charge in [0.25, 0.3) is 0 Å². The summed E-state index contributed by atoms with van der Waals surface area (Å²) in [6, 6.07) is 6.52. The summed E-state index contributed by atoms with van der Waals surface area (Å²) in [4.78, 5) is 3.50. The molecule has 1 aliphatic carbocycles. The van der Waals surface area contributed by atoms with Crippen LogP contribution in [0.4, 0.5) is 0 Å². The SMILES string of the molecule is Brc1ccc2c(C3CC3)c(SI)[nH]c2c1. The summed E-state index contributed by atoms with van der Waals surface area (Å²) in [5, 5.41) is 2.74. The van der Waals surface area contributed by atoms with Gasteiger partial charge in [-0.2, -0.15) is 0 Å². The molecule has 0 radical (unpaired) electrons. The Morgan fingerprint density at radius 2 is 2.20 bits per heavy atom. The van der Waals surface area contributed by atoms with Gasteiger partial charge in [0, 0.05) is 36.6 Å². The van der Waals surface area contributed by atoms with Gasteiger partial charge < -0.3 is 4.98 Å². The largest absolute Gasteiger partial charge is 0.349 e. The molecule has 3 rings (SSSR count). The maximum atomic E-state index is 3.51. The summed E-state index contributed by atoms with van der Waals surface area (Å²) in [5.74, 6) is 0.803. The zero-order valence-electron chi connectivity index (χ0n) is 7.89. The Bertz CT molecular complexity index is 519. The molecule has 0 unspecified atom stereocenters. The number of halogens is 2. The van der Waals surface area contributed by atoms with E-state index in [-0.39, 0.29) is 0 Å². The van der Waals surface area contributed by atoms with Gasteiger partial charge in [0.1, 0.15) is 0 Å². The van der Waals surface area contributed by atoms with Crippen LogP contribution in [0.1, 0.15) is 24.3 Å². The predicted molar refractivity (Wildman–Crippen MR) is 77.9 cm³/mol. The van der Waals surface area contributed by atoms with Gasteiger partial charge in [0.2, 0.25) is 0 Å². The van der Waals surface area contributed by atoms with Crippen LogP contribution >= 0.6 is 46.1 Å². The summed E-state index contributed by atoms with van der Waals surface area (Å²) in [6.07, 6.45) is 2.71. The molecule has 0 aliphatic heterocycles. The fourth-order valence-electron chi connectivity index (χ4n) is 2.00. The minimum Gasteiger partial charge on any atom is -0.349 e. The minimum atomic E-state index is 0.803. The van der Waals surface area contributed by atoms with Gasteiger partial charge >= 0.3 is 0 Å². The number of hydrogen-bond acceptors (Lipinski definition) is 1. The highest BCUT2D eigenvalue weighted by Gasteiger charge is 2.29. The van der Waals surface area contributed by atoms with E-state index in [1.165, 1.54) is 34.3 Å². The van der Waals surface area contributed by atoms with Crippen LogP contribution in [0.3, 0.4) is 0 Å². The fraction of sp³-hybridized carbons (Fsp3) is 0.273. The van der Waals surface area contributed by atoms with E-state index in [9.17, 15) is 0 Å². The number of rotatable bonds is 2. The molecule has 1 saturated carbocycles. The van der Waals surface area contributed by atoms with Crippen molar-refractivity contribution in [2.24, 2.45) is 0 Å². The highest BCUT2D eigenvalue weighted by molar-refractivity contribution is 14.2. The first-order chi connectivity index (χ1) is 7.29. The summed E-state index contributed by atoms with van der Waals surface area (Å²) in [7, 11) is 1.79. The Balaban J connectivity index is 2.28. The summed E-state index contributed by atoms with van der Waals surface area (Å²) in [6.45, 7) is 0. The van der Waals surface area contributed by atoms with E-state index in [1.807, 2.05) is 0 Å². The smallest absolute Gasteiger partial charge is 0.0871 e. The third-order valence-corrected chi connectivity index (χ3v) is 5.12. The Kier molecular flexibility index (Phi) is 2.77. The van der Waals surface area contributed by atoms with Gasteiger partial charge in [-0.25, -0.2) is 0 Å². The lowest BCUT2D eigenvalue weighted by molar-refractivity contribution is 1.06. The van der Waals surface area contributed by atoms with E-state index in [4.69, 9.17) is 0 Å². The predicted octanol–water partition coefficient (Wildman–Crippen LogP) is 5.25. The number of fused-ring (bicyclic) bond motifs is 1. The Labute approximate surface area is 113 Å². The molecule has 0 bridgehead atoms. The molecular formula is C11H9BrINS. The normalized spacial score (nSPS) is 16.1. The quantitative estimate of drug-likeness (QED) is 0.689. The van der Waals surface area contributed by atoms with Crippen molar-refractivity contribution in [3.05, 3.63) is 28.2 Å². The van der Waals surface area contributed by atoms with Crippen LogP contribution in [-0.4, -0.2) is 4.98 Å². The standard InChI is InChI=1S/C11H9BrINS/c12-7-3-4-8-9(5-7)14-11(15-13)10(8)6-1-2-6/h3-6,14H,1-2H2. The van der Waals surface area contributed by atoms with E-state index in [2.05, 4.69) is 60.3 Å². The molecule has 1 heterocycles. The zero-order valence-corrected chi connectivity index (χ0v) is 12.4. The molecule has 1 nitrogen and oxygen atoms in total. The average molecular weight is 394 g/mol. The van der Waals surface area contributed by atoms with E-state index < -0.39 is 0 Å². The third-order valence-electron chi connectivity index (χ3n) is 2.83. The topological polar surface area (TPSA) is 15.8 Å². The molecule has 78 valence electrons. The van der Waals surface area contributed by atoms with Gasteiger partial charge in [-0.3, -0.25) is 0 Å². The molecule has 15 heavy (non-hydrogen) atoms. The molecule has 1 N–H and O–H groups in total. The summed E-state index contributed by atoms with van der Waals surface area (Å²) < 4.78 is 1.14. The number of aromatic amines is 1. The van der Waals surface area contributed by atoms with Crippen LogP contribution in [-0.2, 0) is 0 Å². The van der Waals surface area contributed by atoms with Crippen LogP contribution in [0.15, 0.2) is 27.7 Å². The monoisotopic (exact) mass is 393 g/mol. The molecule has 0 spiro atoms. The lowest BCUT2D eigenvalue weighted by Gasteiger charge is -1.97. The summed E-state index contributed by atoms with van der Waals surface area (Å²) in [5.41, 5.74) is 2.79. The molecule has 2 aromatic rings. The molecule has 0 atom stereocenters. The van der Waals surface area contributed by atoms with E-state index in [1.54, 1.807) is 8.93 Å². The van der Waals surface area contributed by atoms with Crippen molar-refractivity contribution >= 4 is 57.0 Å². The van der Waals surface area contributed by atoms with Crippen LogP contribution in [0, 0.1) is 0 Å². The first-order valence-electron chi connectivity index (χ1n) is 4.89. The molecule has 1 aromatic heterocycles. The fourth-order valence-corrected chi connectivity index (χ4v) is 3.92. The lowest BCUT2D eigenvalue weighted by Crippen LogP contribution is -1.77. The highest BCUT2D eigenvalue weighted by atomic mass is 127. The van der Waals surface area contributed by atoms with Gasteiger partial charge in [-0.1, -0.05) is 22.0 Å². The number of nitrogens with one attached hydrogen (secondary N) is 1. The van der Waals surface area contributed by atoms with Gasteiger partial charge in [-0.15, -0.1) is 0 Å². The van der Waals surface area contributed by atoms with Crippen molar-refractivity contribution in [2.75, 3.05) is 0 Å². The summed E-state index contributed by atoms with van der Waals surface area (Å²) >= 11 is 5.87. The van der Waals surface area contributed by atoms with Gasteiger partial charge in [-0.05, 0) is 45.4 Å². The van der Waals surface area contributed by atoms with Gasteiger partial charge in [0.05, 0.1) is 5.03 Å². The van der Waals surface area contributed by atoms with Gasteiger partial charge in [0.15, 0.2) is 0 Å². The maximum Gasteiger partial charge on any atom is 0.0871 e. The lowest BCUT2D eigenvalue weighted by atomic mass is 10.1. The second-order valence-corrected chi connectivity index (χ2v) is 6.71. The van der Waals surface area contributed by atoms with Crippen molar-refractivity contribution in [2.45, 2.75) is 23.8 Å². The number of benzene rings is 1. The second kappa shape index (κ2) is 3.96. The van der Waals surface area contributed by atoms with Crippen LogP contribution in [0.5, 0.6) is 0 Å². The number of hydrogen-bond donors (Lipinski definition) is 1. The van der Waals surface area contributed by atoms with Crippen molar-refractivity contribution in [3.63, 3.8) is 0 Å². The van der Waals surface area contributed by atoms with Crippen molar-refractivity contribution in [3.8, 4) is 0 Å². The molecule has 1 aromatic carbocycles. The molecule has 1 aliphatic rings. The zero-order chi connectivity index (χ0) is 10.4. The van der Waals surface area contributed by atoms with Crippen molar-refractivity contribution in [1.82, 2.24) is 4.98 Å². The van der Waals surface area contributed by atoms with Crippen LogP contribution in [0.2, 0.25) is 0 Å². The Morgan fingerprint density at radius 1 is 1.40 bits per heavy atom. The van der Waals surface area contributed by atoms with E-state index in [0.29, 0.717) is 0 Å². The highest BCUT2D eigenvalue weighted by Crippen LogP contribution is 2.48. The molecular weight excluding hydrogens is 385 g/mol. The average Bonchev–Trinajstić information content (AvgIpc) is 2.99.